The van der Waals surface area contributed by atoms with Crippen LogP contribution in [-0.4, -0.2) is 0 Å². The van der Waals surface area contributed by atoms with Crippen LogP contribution in [0.2, 0.25) is 0 Å². The van der Waals surface area contributed by atoms with Gasteiger partial charge in [0, 0.05) is 0 Å². The van der Waals surface area contributed by atoms with Gasteiger partial charge in [0.05, 0.1) is 0 Å². The first-order valence-corrected chi connectivity index (χ1v) is 11.3. The smallest absolute Gasteiger partial charge is 1.00 e. The van der Waals surface area contributed by atoms with Crippen LogP contribution >= 0.6 is 0 Å². The molecule has 0 radical (unpaired) electrons. The predicted octanol–water partition coefficient (Wildman–Crippen LogP) is 2.19. The van der Waals surface area contributed by atoms with Gasteiger partial charge in [0.25, 0.3) is 0 Å². The minimum absolute atomic E-state index is 0. The van der Waals surface area contributed by atoms with Crippen molar-refractivity contribution in [3.63, 3.8) is 0 Å². The van der Waals surface area contributed by atoms with E-state index in [2.05, 4.69) is 97.0 Å². The Bertz CT molecular complexity index is 897. The average Bonchev–Trinajstić information content (AvgIpc) is 3.16. The number of fused-ring (bicyclic) bond motifs is 1. The molecule has 2 aromatic rings. The summed E-state index contributed by atoms with van der Waals surface area (Å²) in [5.41, 5.74) is 10.8. The van der Waals surface area contributed by atoms with Gasteiger partial charge in [-0.3, -0.25) is 6.08 Å². The minimum Gasteiger partial charge on any atom is -1.00 e. The van der Waals surface area contributed by atoms with Crippen molar-refractivity contribution in [3.05, 3.63) is 87.5 Å². The molecule has 0 aromatic heterocycles. The van der Waals surface area contributed by atoms with Crippen molar-refractivity contribution in [2.24, 2.45) is 11.3 Å². The van der Waals surface area contributed by atoms with E-state index in [4.69, 9.17) is 0 Å². The van der Waals surface area contributed by atoms with E-state index in [1.165, 1.54) is 53.5 Å². The standard InChI is InChI=1S/C20H25.C9H13.2ClH.Zr/c1-20(2,3)14-15-12-17-10-7-11-18(19(17)13-15)16-8-5-4-6-9-16;1-6-5-7(2)9(4)8(6)3;;;/h4-6,8-9,12-13,18H,7,10-11,14H2,1-3H3;6H,1-4H3;2*1H;/q2*-1;;;+4/p-2. The molecule has 0 aliphatic heterocycles. The van der Waals surface area contributed by atoms with Gasteiger partial charge in [-0.15, -0.1) is 6.92 Å². The monoisotopic (exact) mass is 546 g/mol. The zero-order chi connectivity index (χ0) is 21.2. The number of allylic oxidation sites excluding steroid dienone is 4. The van der Waals surface area contributed by atoms with Gasteiger partial charge in [0.15, 0.2) is 0 Å². The van der Waals surface area contributed by atoms with Gasteiger partial charge in [-0.2, -0.15) is 33.9 Å². The summed E-state index contributed by atoms with van der Waals surface area (Å²) in [6.07, 6.45) is 8.43. The first kappa shape index (κ1) is 31.5. The van der Waals surface area contributed by atoms with Crippen molar-refractivity contribution in [2.75, 3.05) is 0 Å². The van der Waals surface area contributed by atoms with Gasteiger partial charge in [-0.1, -0.05) is 103 Å². The van der Waals surface area contributed by atoms with Crippen LogP contribution in [-0.2, 0) is 39.0 Å². The fourth-order valence-corrected chi connectivity index (χ4v) is 4.74. The third kappa shape index (κ3) is 8.07. The Labute approximate surface area is 228 Å². The third-order valence-corrected chi connectivity index (χ3v) is 6.56. The minimum atomic E-state index is 0. The second kappa shape index (κ2) is 13.4. The van der Waals surface area contributed by atoms with E-state index in [0.29, 0.717) is 17.3 Å². The van der Waals surface area contributed by atoms with E-state index in [0.717, 1.165) is 0 Å². The van der Waals surface area contributed by atoms with E-state index in [-0.39, 0.29) is 51.0 Å². The number of benzene rings is 1. The van der Waals surface area contributed by atoms with Gasteiger partial charge < -0.3 is 24.8 Å². The SMILES string of the molecule is CC(C)(C)Cc1cc2c([cH-]1)CCCC2c1ccccc1.CC1=[C-]C(C)C(C)=C1C.[Cl-].[Cl-].[Zr+4]. The molecule has 3 heteroatoms. The molecule has 0 bridgehead atoms. The summed E-state index contributed by atoms with van der Waals surface area (Å²) in [5.74, 6) is 1.18. The second-order valence-corrected chi connectivity index (χ2v) is 10.2. The molecule has 0 saturated carbocycles. The van der Waals surface area contributed by atoms with Crippen LogP contribution in [0.15, 0.2) is 59.2 Å². The van der Waals surface area contributed by atoms with Crippen molar-refractivity contribution in [2.45, 2.75) is 80.1 Å². The normalized spacial score (nSPS) is 19.4. The number of hydrogen-bond acceptors (Lipinski definition) is 0. The van der Waals surface area contributed by atoms with Crippen molar-refractivity contribution in [3.8, 4) is 0 Å². The molecule has 0 amide bonds. The van der Waals surface area contributed by atoms with Gasteiger partial charge in [-0.05, 0) is 17.8 Å². The van der Waals surface area contributed by atoms with E-state index in [9.17, 15) is 0 Å². The van der Waals surface area contributed by atoms with Crippen LogP contribution in [0.4, 0.5) is 0 Å². The molecule has 4 rings (SSSR count). The maximum atomic E-state index is 3.36. The molecule has 172 valence electrons. The molecule has 0 N–H and O–H groups in total. The summed E-state index contributed by atoms with van der Waals surface area (Å²) in [6, 6.07) is 16.0. The molecule has 0 spiro atoms. The van der Waals surface area contributed by atoms with Gasteiger partial charge >= 0.3 is 26.2 Å². The number of hydrogen-bond donors (Lipinski definition) is 0. The molecule has 2 unspecified atom stereocenters. The number of halogens is 2. The molecule has 0 heterocycles. The number of rotatable bonds is 2. The Balaban J connectivity index is 0.000000690. The average molecular weight is 549 g/mol. The predicted molar refractivity (Wildman–Crippen MR) is 126 cm³/mol. The Morgan fingerprint density at radius 1 is 1.03 bits per heavy atom. The van der Waals surface area contributed by atoms with Gasteiger partial charge in [0.1, 0.15) is 0 Å². The zero-order valence-electron chi connectivity index (χ0n) is 20.8. The van der Waals surface area contributed by atoms with Crippen molar-refractivity contribution in [1.29, 1.82) is 0 Å². The first-order valence-electron chi connectivity index (χ1n) is 11.3. The van der Waals surface area contributed by atoms with Crippen molar-refractivity contribution >= 4 is 0 Å². The molecule has 2 aromatic carbocycles. The molecule has 0 saturated heterocycles. The van der Waals surface area contributed by atoms with Gasteiger partial charge in [-0.25, -0.2) is 11.6 Å². The maximum Gasteiger partial charge on any atom is 4.00 e. The quantitative estimate of drug-likeness (QED) is 0.505. The molecular formula is C29H38Cl2Zr. The summed E-state index contributed by atoms with van der Waals surface area (Å²) >= 11 is 0. The topological polar surface area (TPSA) is 0 Å². The molecule has 2 atom stereocenters. The molecular weight excluding hydrogens is 510 g/mol. The Morgan fingerprint density at radius 3 is 2.12 bits per heavy atom. The first-order chi connectivity index (χ1) is 13.7. The van der Waals surface area contributed by atoms with Crippen LogP contribution in [0.5, 0.6) is 0 Å². The number of aryl methyl sites for hydroxylation is 1. The van der Waals surface area contributed by atoms with Crippen LogP contribution < -0.4 is 24.8 Å². The maximum absolute atomic E-state index is 3.36. The van der Waals surface area contributed by atoms with E-state index < -0.39 is 0 Å². The van der Waals surface area contributed by atoms with Crippen LogP contribution in [0.25, 0.3) is 0 Å². The Morgan fingerprint density at radius 2 is 1.66 bits per heavy atom. The summed E-state index contributed by atoms with van der Waals surface area (Å²) < 4.78 is 0. The van der Waals surface area contributed by atoms with Crippen LogP contribution in [0, 0.1) is 17.4 Å². The summed E-state index contributed by atoms with van der Waals surface area (Å²) in [5, 5.41) is 0. The van der Waals surface area contributed by atoms with Crippen LogP contribution in [0.3, 0.4) is 0 Å². The van der Waals surface area contributed by atoms with E-state index >= 15 is 0 Å². The Hall–Kier alpha value is -0.487. The molecule has 0 fully saturated rings. The largest absolute Gasteiger partial charge is 4.00 e. The molecule has 2 aliphatic carbocycles. The van der Waals surface area contributed by atoms with E-state index in [1.807, 2.05) is 0 Å². The van der Waals surface area contributed by atoms with Crippen molar-refractivity contribution in [1.82, 2.24) is 0 Å². The zero-order valence-corrected chi connectivity index (χ0v) is 24.8. The fraction of sp³-hybridized carbons (Fsp3) is 0.483. The second-order valence-electron chi connectivity index (χ2n) is 10.2. The molecule has 0 nitrogen and oxygen atoms in total. The third-order valence-electron chi connectivity index (χ3n) is 6.56. The molecule has 32 heavy (non-hydrogen) atoms. The van der Waals surface area contributed by atoms with Crippen molar-refractivity contribution < 1.29 is 51.0 Å². The van der Waals surface area contributed by atoms with Gasteiger partial charge in [0.2, 0.25) is 0 Å². The summed E-state index contributed by atoms with van der Waals surface area (Å²) in [6.45, 7) is 15.7. The fourth-order valence-electron chi connectivity index (χ4n) is 4.74. The Kier molecular flexibility index (Phi) is 13.2. The van der Waals surface area contributed by atoms with Crippen LogP contribution in [0.1, 0.15) is 89.5 Å². The van der Waals surface area contributed by atoms with E-state index in [1.54, 1.807) is 11.1 Å². The summed E-state index contributed by atoms with van der Waals surface area (Å²) in [4.78, 5) is 0. The molecule has 2 aliphatic rings. The summed E-state index contributed by atoms with van der Waals surface area (Å²) in [7, 11) is 0.